The molecule has 0 amide bonds. The van der Waals surface area contributed by atoms with Crippen LogP contribution in [0.25, 0.3) is 0 Å². The Balaban J connectivity index is 1.97. The van der Waals surface area contributed by atoms with Crippen LogP contribution in [0.1, 0.15) is 51.3 Å². The highest BCUT2D eigenvalue weighted by Crippen LogP contribution is 2.30. The molecule has 2 nitrogen and oxygen atoms in total. The summed E-state index contributed by atoms with van der Waals surface area (Å²) in [6.07, 6.45) is 8.20. The highest BCUT2D eigenvalue weighted by Gasteiger charge is 2.23. The number of nitrogens with zero attached hydrogens (tertiary/aromatic N) is 2. The van der Waals surface area contributed by atoms with Crippen molar-refractivity contribution in [1.29, 1.82) is 0 Å². The maximum Gasteiger partial charge on any atom is 0.0628 e. The van der Waals surface area contributed by atoms with Gasteiger partial charge in [-0.25, -0.2) is 0 Å². The van der Waals surface area contributed by atoms with Crippen molar-refractivity contribution in [2.24, 2.45) is 5.92 Å². The molecule has 90 valence electrons. The van der Waals surface area contributed by atoms with Gasteiger partial charge in [-0.15, -0.1) is 11.6 Å². The zero-order chi connectivity index (χ0) is 11.5. The zero-order valence-corrected chi connectivity index (χ0v) is 11.0. The van der Waals surface area contributed by atoms with E-state index >= 15 is 0 Å². The standard InChI is InChI=1S/C13H21ClN2/c1-10(2)16-8-7-12(15-16)9-11-5-3-4-6-13(11)14/h7-8,10-11,13H,3-6,9H2,1-2H3. The number of halogens is 1. The molecule has 0 aromatic carbocycles. The maximum atomic E-state index is 6.37. The molecule has 0 radical (unpaired) electrons. The molecule has 1 fully saturated rings. The summed E-state index contributed by atoms with van der Waals surface area (Å²) in [5, 5.41) is 4.96. The van der Waals surface area contributed by atoms with Crippen molar-refractivity contribution in [3.05, 3.63) is 18.0 Å². The van der Waals surface area contributed by atoms with Crippen molar-refractivity contribution in [3.63, 3.8) is 0 Å². The Kier molecular flexibility index (Phi) is 3.91. The Hall–Kier alpha value is -0.500. The summed E-state index contributed by atoms with van der Waals surface area (Å²) in [5.41, 5.74) is 1.20. The highest BCUT2D eigenvalue weighted by molar-refractivity contribution is 6.20. The molecule has 0 bridgehead atoms. The van der Waals surface area contributed by atoms with E-state index in [4.69, 9.17) is 11.6 Å². The van der Waals surface area contributed by atoms with Crippen LogP contribution in [-0.2, 0) is 6.42 Å². The first-order valence-corrected chi connectivity index (χ1v) is 6.78. The average molecular weight is 241 g/mol. The van der Waals surface area contributed by atoms with Crippen molar-refractivity contribution in [1.82, 2.24) is 9.78 Å². The normalized spacial score (nSPS) is 26.2. The van der Waals surface area contributed by atoms with E-state index in [0.717, 1.165) is 6.42 Å². The van der Waals surface area contributed by atoms with E-state index in [1.807, 2.05) is 4.68 Å². The molecule has 2 unspecified atom stereocenters. The van der Waals surface area contributed by atoms with Gasteiger partial charge in [-0.1, -0.05) is 12.8 Å². The van der Waals surface area contributed by atoms with Gasteiger partial charge in [-0.2, -0.15) is 5.10 Å². The number of alkyl halides is 1. The third-order valence-corrected chi connectivity index (χ3v) is 4.05. The van der Waals surface area contributed by atoms with E-state index in [-0.39, 0.29) is 0 Å². The smallest absolute Gasteiger partial charge is 0.0628 e. The SMILES string of the molecule is CC(C)n1ccc(CC2CCCCC2Cl)n1. The lowest BCUT2D eigenvalue weighted by molar-refractivity contribution is 0.359. The molecule has 2 atom stereocenters. The van der Waals surface area contributed by atoms with Gasteiger partial charge in [0.15, 0.2) is 0 Å². The summed E-state index contributed by atoms with van der Waals surface area (Å²) in [4.78, 5) is 0. The monoisotopic (exact) mass is 240 g/mol. The second-order valence-electron chi connectivity index (χ2n) is 5.15. The summed E-state index contributed by atoms with van der Waals surface area (Å²) < 4.78 is 2.03. The molecule has 1 aromatic heterocycles. The summed E-state index contributed by atoms with van der Waals surface area (Å²) in [6, 6.07) is 2.59. The van der Waals surface area contributed by atoms with Crippen LogP contribution in [0.15, 0.2) is 12.3 Å². The predicted octanol–water partition coefficient (Wildman–Crippen LogP) is 3.80. The number of aromatic nitrogens is 2. The average Bonchev–Trinajstić information content (AvgIpc) is 2.70. The lowest BCUT2D eigenvalue weighted by Crippen LogP contribution is -2.22. The molecule has 0 spiro atoms. The maximum absolute atomic E-state index is 6.37. The molecule has 3 heteroatoms. The molecule has 0 aliphatic heterocycles. The fraction of sp³-hybridized carbons (Fsp3) is 0.769. The van der Waals surface area contributed by atoms with Crippen molar-refractivity contribution in [2.45, 2.75) is 57.4 Å². The first-order chi connectivity index (χ1) is 7.66. The Morgan fingerprint density at radius 3 is 2.81 bits per heavy atom. The second-order valence-corrected chi connectivity index (χ2v) is 5.71. The van der Waals surface area contributed by atoms with Gasteiger partial charge in [0.2, 0.25) is 0 Å². The van der Waals surface area contributed by atoms with Gasteiger partial charge in [0.05, 0.1) is 5.69 Å². The summed E-state index contributed by atoms with van der Waals surface area (Å²) in [6.45, 7) is 4.31. The van der Waals surface area contributed by atoms with Crippen LogP contribution in [0.4, 0.5) is 0 Å². The van der Waals surface area contributed by atoms with Crippen LogP contribution in [-0.4, -0.2) is 15.2 Å². The molecule has 2 rings (SSSR count). The molecular formula is C13H21ClN2. The van der Waals surface area contributed by atoms with Crippen LogP contribution in [0.2, 0.25) is 0 Å². The Bertz CT molecular complexity index is 332. The van der Waals surface area contributed by atoms with Crippen LogP contribution in [0.3, 0.4) is 0 Å². The molecule has 1 saturated carbocycles. The summed E-state index contributed by atoms with van der Waals surface area (Å²) in [5.74, 6) is 0.630. The lowest BCUT2D eigenvalue weighted by Gasteiger charge is -2.26. The third kappa shape index (κ3) is 2.79. The Morgan fingerprint density at radius 2 is 2.19 bits per heavy atom. The first-order valence-electron chi connectivity index (χ1n) is 6.35. The fourth-order valence-corrected chi connectivity index (χ4v) is 2.80. The quantitative estimate of drug-likeness (QED) is 0.735. The van der Waals surface area contributed by atoms with Crippen LogP contribution in [0, 0.1) is 5.92 Å². The van der Waals surface area contributed by atoms with Crippen molar-refractivity contribution in [3.8, 4) is 0 Å². The van der Waals surface area contributed by atoms with E-state index in [0.29, 0.717) is 17.3 Å². The number of hydrogen-bond acceptors (Lipinski definition) is 1. The minimum Gasteiger partial charge on any atom is -0.270 e. The van der Waals surface area contributed by atoms with Gasteiger partial charge in [0.25, 0.3) is 0 Å². The van der Waals surface area contributed by atoms with E-state index in [1.165, 1.54) is 31.4 Å². The van der Waals surface area contributed by atoms with Crippen molar-refractivity contribution in [2.75, 3.05) is 0 Å². The summed E-state index contributed by atoms with van der Waals surface area (Å²) in [7, 11) is 0. The van der Waals surface area contributed by atoms with Crippen molar-refractivity contribution < 1.29 is 0 Å². The van der Waals surface area contributed by atoms with Crippen LogP contribution >= 0.6 is 11.6 Å². The molecular weight excluding hydrogens is 220 g/mol. The largest absolute Gasteiger partial charge is 0.270 e. The van der Waals surface area contributed by atoms with E-state index in [2.05, 4.69) is 31.2 Å². The van der Waals surface area contributed by atoms with Gasteiger partial charge in [0.1, 0.15) is 0 Å². The fourth-order valence-electron chi connectivity index (χ4n) is 2.43. The third-order valence-electron chi connectivity index (χ3n) is 3.48. The predicted molar refractivity (Wildman–Crippen MR) is 67.9 cm³/mol. The molecule has 1 aliphatic rings. The second kappa shape index (κ2) is 5.22. The van der Waals surface area contributed by atoms with E-state index in [9.17, 15) is 0 Å². The minimum absolute atomic E-state index is 0.359. The summed E-state index contributed by atoms with van der Waals surface area (Å²) >= 11 is 6.37. The van der Waals surface area contributed by atoms with E-state index < -0.39 is 0 Å². The highest BCUT2D eigenvalue weighted by atomic mass is 35.5. The molecule has 1 heterocycles. The molecule has 1 aliphatic carbocycles. The van der Waals surface area contributed by atoms with Gasteiger partial charge >= 0.3 is 0 Å². The number of hydrogen-bond donors (Lipinski definition) is 0. The topological polar surface area (TPSA) is 17.8 Å². The van der Waals surface area contributed by atoms with Crippen molar-refractivity contribution >= 4 is 11.6 Å². The number of rotatable bonds is 3. The van der Waals surface area contributed by atoms with Crippen LogP contribution in [0.5, 0.6) is 0 Å². The van der Waals surface area contributed by atoms with Gasteiger partial charge in [-0.3, -0.25) is 4.68 Å². The lowest BCUT2D eigenvalue weighted by atomic mass is 9.86. The Labute approximate surface area is 103 Å². The van der Waals surface area contributed by atoms with E-state index in [1.54, 1.807) is 0 Å². The van der Waals surface area contributed by atoms with Gasteiger partial charge < -0.3 is 0 Å². The van der Waals surface area contributed by atoms with Gasteiger partial charge in [0, 0.05) is 17.6 Å². The van der Waals surface area contributed by atoms with Crippen LogP contribution < -0.4 is 0 Å². The first kappa shape index (κ1) is 12.0. The minimum atomic E-state index is 0.359. The molecule has 0 N–H and O–H groups in total. The molecule has 16 heavy (non-hydrogen) atoms. The molecule has 1 aromatic rings. The zero-order valence-electron chi connectivity index (χ0n) is 10.2. The molecule has 0 saturated heterocycles. The Morgan fingerprint density at radius 1 is 1.44 bits per heavy atom. The van der Waals surface area contributed by atoms with Gasteiger partial charge in [-0.05, 0) is 45.1 Å².